The number of nitrogens with zero attached hydrogens (tertiary/aromatic N) is 2. The standard InChI is InChI=1S/C26H21FN2O3/c1-14(2)16-5-7-17(8-6-16)23-22-24(30)19-12-18(27)9-10-20(19)32-25(22)26(31)29(23)21-11-4-15(3)13-28-21/h4-14,23H,1-3H3/t23-/m0/s1. The summed E-state index contributed by atoms with van der Waals surface area (Å²) in [5, 5.41) is 0.110. The first-order valence-corrected chi connectivity index (χ1v) is 10.5. The van der Waals surface area contributed by atoms with E-state index in [1.54, 1.807) is 12.3 Å². The minimum atomic E-state index is -0.724. The molecule has 1 atom stereocenters. The van der Waals surface area contributed by atoms with Gasteiger partial charge in [-0.05, 0) is 53.8 Å². The Morgan fingerprint density at radius 1 is 1.03 bits per heavy atom. The Hall–Kier alpha value is -3.80. The zero-order chi connectivity index (χ0) is 22.6. The van der Waals surface area contributed by atoms with E-state index in [2.05, 4.69) is 18.8 Å². The molecule has 0 radical (unpaired) electrons. The Labute approximate surface area is 184 Å². The van der Waals surface area contributed by atoms with Crippen LogP contribution in [0.25, 0.3) is 11.0 Å². The van der Waals surface area contributed by atoms with Crippen molar-refractivity contribution in [2.24, 2.45) is 0 Å². The van der Waals surface area contributed by atoms with E-state index in [9.17, 15) is 14.0 Å². The Kier molecular flexibility index (Phi) is 4.66. The third kappa shape index (κ3) is 3.11. The van der Waals surface area contributed by atoms with Crippen LogP contribution in [0.15, 0.2) is 70.0 Å². The number of hydrogen-bond donors (Lipinski definition) is 0. The van der Waals surface area contributed by atoms with Crippen LogP contribution >= 0.6 is 0 Å². The number of rotatable bonds is 3. The van der Waals surface area contributed by atoms with E-state index in [1.165, 1.54) is 17.0 Å². The first-order chi connectivity index (χ1) is 15.3. The molecule has 0 aliphatic carbocycles. The number of pyridine rings is 1. The van der Waals surface area contributed by atoms with E-state index in [4.69, 9.17) is 4.42 Å². The number of fused-ring (bicyclic) bond motifs is 2. The highest BCUT2D eigenvalue weighted by Gasteiger charge is 2.44. The molecule has 32 heavy (non-hydrogen) atoms. The zero-order valence-electron chi connectivity index (χ0n) is 17.9. The van der Waals surface area contributed by atoms with Crippen LogP contribution in [0, 0.1) is 12.7 Å². The molecular weight excluding hydrogens is 407 g/mol. The number of amides is 1. The zero-order valence-corrected chi connectivity index (χ0v) is 17.9. The predicted octanol–water partition coefficient (Wildman–Crippen LogP) is 5.51. The van der Waals surface area contributed by atoms with E-state index in [-0.39, 0.29) is 22.3 Å². The number of aromatic nitrogens is 1. The number of carbonyl (C=O) groups is 1. The maximum absolute atomic E-state index is 13.9. The highest BCUT2D eigenvalue weighted by atomic mass is 19.1. The second-order valence-electron chi connectivity index (χ2n) is 8.41. The molecule has 2 aromatic carbocycles. The molecule has 5 rings (SSSR count). The monoisotopic (exact) mass is 428 g/mol. The molecule has 5 nitrogen and oxygen atoms in total. The lowest BCUT2D eigenvalue weighted by Gasteiger charge is -2.24. The number of hydrogen-bond acceptors (Lipinski definition) is 4. The summed E-state index contributed by atoms with van der Waals surface area (Å²) < 4.78 is 19.8. The molecule has 0 saturated carbocycles. The molecular formula is C26H21FN2O3. The molecule has 1 aliphatic heterocycles. The highest BCUT2D eigenvalue weighted by molar-refractivity contribution is 6.10. The first-order valence-electron chi connectivity index (χ1n) is 10.5. The van der Waals surface area contributed by atoms with Crippen molar-refractivity contribution < 1.29 is 13.6 Å². The molecule has 3 heterocycles. The molecule has 2 aromatic heterocycles. The van der Waals surface area contributed by atoms with Gasteiger partial charge in [-0.2, -0.15) is 0 Å². The van der Waals surface area contributed by atoms with Crippen LogP contribution in [-0.2, 0) is 0 Å². The van der Waals surface area contributed by atoms with Crippen molar-refractivity contribution in [2.75, 3.05) is 4.90 Å². The molecule has 0 unspecified atom stereocenters. The van der Waals surface area contributed by atoms with Crippen molar-refractivity contribution >= 4 is 22.7 Å². The van der Waals surface area contributed by atoms with Crippen LogP contribution in [0.4, 0.5) is 10.2 Å². The summed E-state index contributed by atoms with van der Waals surface area (Å²) in [6.07, 6.45) is 1.67. The minimum Gasteiger partial charge on any atom is -0.450 e. The Morgan fingerprint density at radius 2 is 1.78 bits per heavy atom. The molecule has 160 valence electrons. The summed E-state index contributed by atoms with van der Waals surface area (Å²) in [7, 11) is 0. The molecule has 0 N–H and O–H groups in total. The van der Waals surface area contributed by atoms with E-state index in [1.807, 2.05) is 37.3 Å². The fourth-order valence-electron chi connectivity index (χ4n) is 4.16. The van der Waals surface area contributed by atoms with Crippen LogP contribution in [0.2, 0.25) is 0 Å². The van der Waals surface area contributed by atoms with Gasteiger partial charge in [-0.25, -0.2) is 9.37 Å². The Bertz CT molecular complexity index is 1410. The predicted molar refractivity (Wildman–Crippen MR) is 121 cm³/mol. The van der Waals surface area contributed by atoms with Gasteiger partial charge in [0.2, 0.25) is 5.76 Å². The summed E-state index contributed by atoms with van der Waals surface area (Å²) >= 11 is 0. The van der Waals surface area contributed by atoms with Crippen molar-refractivity contribution in [3.8, 4) is 0 Å². The van der Waals surface area contributed by atoms with Crippen LogP contribution in [-0.4, -0.2) is 10.9 Å². The van der Waals surface area contributed by atoms with Gasteiger partial charge < -0.3 is 4.42 Å². The van der Waals surface area contributed by atoms with E-state index in [0.29, 0.717) is 11.7 Å². The number of anilines is 1. The number of halogens is 1. The quantitative estimate of drug-likeness (QED) is 0.432. The fourth-order valence-corrected chi connectivity index (χ4v) is 4.16. The third-order valence-corrected chi connectivity index (χ3v) is 5.89. The summed E-state index contributed by atoms with van der Waals surface area (Å²) in [6, 6.07) is 14.4. The van der Waals surface area contributed by atoms with Gasteiger partial charge in [0.25, 0.3) is 5.91 Å². The minimum absolute atomic E-state index is 0.0329. The number of benzene rings is 2. The van der Waals surface area contributed by atoms with Crippen molar-refractivity contribution in [1.82, 2.24) is 4.98 Å². The van der Waals surface area contributed by atoms with Gasteiger partial charge in [-0.3, -0.25) is 14.5 Å². The fraction of sp³-hybridized carbons (Fsp3) is 0.192. The van der Waals surface area contributed by atoms with E-state index >= 15 is 0 Å². The van der Waals surface area contributed by atoms with Crippen molar-refractivity contribution in [2.45, 2.75) is 32.7 Å². The van der Waals surface area contributed by atoms with Gasteiger partial charge in [0, 0.05) is 6.20 Å². The molecule has 1 amide bonds. The number of aryl methyl sites for hydroxylation is 1. The molecule has 0 fully saturated rings. The molecule has 1 aliphatic rings. The van der Waals surface area contributed by atoms with Crippen LogP contribution in [0.5, 0.6) is 0 Å². The van der Waals surface area contributed by atoms with Crippen molar-refractivity contribution in [1.29, 1.82) is 0 Å². The van der Waals surface area contributed by atoms with Gasteiger partial charge in [0.1, 0.15) is 17.2 Å². The lowest BCUT2D eigenvalue weighted by atomic mass is 9.95. The second-order valence-corrected chi connectivity index (χ2v) is 8.41. The average Bonchev–Trinajstić information content (AvgIpc) is 3.07. The number of carbonyl (C=O) groups excluding carboxylic acids is 1. The van der Waals surface area contributed by atoms with Gasteiger partial charge in [0.15, 0.2) is 5.43 Å². The Balaban J connectivity index is 1.78. The van der Waals surface area contributed by atoms with Crippen LogP contribution in [0.3, 0.4) is 0 Å². The van der Waals surface area contributed by atoms with Crippen LogP contribution in [0.1, 0.15) is 58.6 Å². The summed E-state index contributed by atoms with van der Waals surface area (Å²) in [5.41, 5.74) is 2.81. The molecule has 6 heteroatoms. The maximum Gasteiger partial charge on any atom is 0.296 e. The second kappa shape index (κ2) is 7.41. The van der Waals surface area contributed by atoms with Gasteiger partial charge in [0.05, 0.1) is 17.0 Å². The molecule has 0 spiro atoms. The van der Waals surface area contributed by atoms with Gasteiger partial charge in [-0.1, -0.05) is 44.2 Å². The lowest BCUT2D eigenvalue weighted by molar-refractivity contribution is 0.0970. The van der Waals surface area contributed by atoms with Crippen molar-refractivity contribution in [3.05, 3.63) is 105 Å². The highest BCUT2D eigenvalue weighted by Crippen LogP contribution is 2.40. The molecule has 4 aromatic rings. The Morgan fingerprint density at radius 3 is 2.44 bits per heavy atom. The molecule has 0 bridgehead atoms. The summed E-state index contributed by atoms with van der Waals surface area (Å²) in [4.78, 5) is 32.9. The van der Waals surface area contributed by atoms with Crippen molar-refractivity contribution in [3.63, 3.8) is 0 Å². The normalized spacial score (nSPS) is 15.6. The third-order valence-electron chi connectivity index (χ3n) is 5.89. The maximum atomic E-state index is 13.9. The first kappa shape index (κ1) is 20.1. The van der Waals surface area contributed by atoms with Gasteiger partial charge >= 0.3 is 0 Å². The SMILES string of the molecule is Cc1ccc(N2C(=O)c3oc4ccc(F)cc4c(=O)c3[C@@H]2c2ccc(C(C)C)cc2)nc1. The summed E-state index contributed by atoms with van der Waals surface area (Å²) in [5.74, 6) is -0.260. The summed E-state index contributed by atoms with van der Waals surface area (Å²) in [6.45, 7) is 6.11. The van der Waals surface area contributed by atoms with E-state index in [0.717, 1.165) is 22.8 Å². The lowest BCUT2D eigenvalue weighted by Crippen LogP contribution is -2.30. The smallest absolute Gasteiger partial charge is 0.296 e. The van der Waals surface area contributed by atoms with Gasteiger partial charge in [-0.15, -0.1) is 0 Å². The average molecular weight is 428 g/mol. The molecule has 0 saturated heterocycles. The largest absolute Gasteiger partial charge is 0.450 e. The van der Waals surface area contributed by atoms with Crippen LogP contribution < -0.4 is 10.3 Å². The van der Waals surface area contributed by atoms with E-state index < -0.39 is 23.2 Å². The topological polar surface area (TPSA) is 63.4 Å².